The summed E-state index contributed by atoms with van der Waals surface area (Å²) in [5, 5.41) is 0. The Bertz CT molecular complexity index is 538. The van der Waals surface area contributed by atoms with Gasteiger partial charge < -0.3 is 15.2 Å². The molecule has 0 fully saturated rings. The number of para-hydroxylation sites is 2. The van der Waals surface area contributed by atoms with Gasteiger partial charge in [-0.25, -0.2) is 9.97 Å². The van der Waals surface area contributed by atoms with Gasteiger partial charge in [0.15, 0.2) is 17.3 Å². The monoisotopic (exact) mass is 259 g/mol. The van der Waals surface area contributed by atoms with E-state index in [1.165, 1.54) is 0 Å². The van der Waals surface area contributed by atoms with Crippen LogP contribution < -0.4 is 15.2 Å². The Morgan fingerprint density at radius 1 is 1.11 bits per heavy atom. The van der Waals surface area contributed by atoms with E-state index in [2.05, 4.69) is 9.97 Å². The van der Waals surface area contributed by atoms with E-state index >= 15 is 0 Å². The Labute approximate surface area is 112 Å². The lowest BCUT2D eigenvalue weighted by Gasteiger charge is -2.11. The van der Waals surface area contributed by atoms with Crippen molar-refractivity contribution in [1.29, 1.82) is 0 Å². The van der Waals surface area contributed by atoms with Crippen molar-refractivity contribution in [3.63, 3.8) is 0 Å². The van der Waals surface area contributed by atoms with Crippen LogP contribution >= 0.6 is 0 Å². The summed E-state index contributed by atoms with van der Waals surface area (Å²) >= 11 is 0. The lowest BCUT2D eigenvalue weighted by Crippen LogP contribution is -2.06. The van der Waals surface area contributed by atoms with Gasteiger partial charge in [0.1, 0.15) is 12.4 Å². The molecule has 0 spiro atoms. The molecular formula is C14H17N3O2. The summed E-state index contributed by atoms with van der Waals surface area (Å²) in [7, 11) is 0. The smallest absolute Gasteiger partial charge is 0.168 e. The Kier molecular flexibility index (Phi) is 4.18. The molecule has 1 heterocycles. The first-order valence-corrected chi connectivity index (χ1v) is 6.13. The molecule has 0 atom stereocenters. The normalized spacial score (nSPS) is 10.2. The molecule has 5 nitrogen and oxygen atoms in total. The highest BCUT2D eigenvalue weighted by molar-refractivity contribution is 5.39. The Morgan fingerprint density at radius 2 is 1.79 bits per heavy atom. The molecule has 2 rings (SSSR count). The number of hydrogen-bond donors (Lipinski definition) is 1. The molecule has 2 N–H and O–H groups in total. The van der Waals surface area contributed by atoms with Crippen LogP contribution in [0.4, 0.5) is 5.82 Å². The molecule has 0 saturated carbocycles. The number of nitrogens with two attached hydrogens (primary N) is 1. The van der Waals surface area contributed by atoms with Crippen molar-refractivity contribution in [2.75, 3.05) is 12.3 Å². The van der Waals surface area contributed by atoms with Gasteiger partial charge in [0, 0.05) is 11.8 Å². The molecule has 1 aromatic heterocycles. The molecule has 0 bridgehead atoms. The number of benzene rings is 1. The Hall–Kier alpha value is -2.30. The van der Waals surface area contributed by atoms with Gasteiger partial charge in [0.2, 0.25) is 0 Å². The van der Waals surface area contributed by atoms with Gasteiger partial charge in [-0.05, 0) is 26.0 Å². The van der Waals surface area contributed by atoms with Crippen molar-refractivity contribution in [3.8, 4) is 11.5 Å². The average molecular weight is 259 g/mol. The maximum Gasteiger partial charge on any atom is 0.168 e. The molecular weight excluding hydrogens is 242 g/mol. The molecule has 100 valence electrons. The second-order valence-corrected chi connectivity index (χ2v) is 4.02. The molecule has 2 aromatic rings. The third-order valence-electron chi connectivity index (χ3n) is 2.43. The third kappa shape index (κ3) is 3.58. The summed E-state index contributed by atoms with van der Waals surface area (Å²) in [6, 6.07) is 9.23. The van der Waals surface area contributed by atoms with Gasteiger partial charge in [-0.3, -0.25) is 0 Å². The van der Waals surface area contributed by atoms with Crippen molar-refractivity contribution in [2.45, 2.75) is 20.5 Å². The quantitative estimate of drug-likeness (QED) is 0.892. The number of anilines is 1. The van der Waals surface area contributed by atoms with E-state index in [1.54, 1.807) is 6.07 Å². The second-order valence-electron chi connectivity index (χ2n) is 4.02. The van der Waals surface area contributed by atoms with Crippen LogP contribution in [0.15, 0.2) is 30.3 Å². The largest absolute Gasteiger partial charge is 0.490 e. The van der Waals surface area contributed by atoms with E-state index in [-0.39, 0.29) is 6.61 Å². The fraction of sp³-hybridized carbons (Fsp3) is 0.286. The molecule has 0 unspecified atom stereocenters. The van der Waals surface area contributed by atoms with Gasteiger partial charge in [-0.2, -0.15) is 0 Å². The predicted molar refractivity (Wildman–Crippen MR) is 73.1 cm³/mol. The van der Waals surface area contributed by atoms with Gasteiger partial charge >= 0.3 is 0 Å². The SMILES string of the molecule is CCOc1ccccc1OCc1nc(C)cc(N)n1. The minimum atomic E-state index is 0.260. The molecule has 0 radical (unpaired) electrons. The summed E-state index contributed by atoms with van der Waals surface area (Å²) in [5.41, 5.74) is 6.50. The van der Waals surface area contributed by atoms with Crippen LogP contribution in [0.25, 0.3) is 0 Å². The zero-order chi connectivity index (χ0) is 13.7. The van der Waals surface area contributed by atoms with Crippen LogP contribution in [-0.2, 0) is 6.61 Å². The van der Waals surface area contributed by atoms with Crippen LogP contribution in [0.5, 0.6) is 11.5 Å². The number of hydrogen-bond acceptors (Lipinski definition) is 5. The highest BCUT2D eigenvalue weighted by atomic mass is 16.5. The third-order valence-corrected chi connectivity index (χ3v) is 2.43. The lowest BCUT2D eigenvalue weighted by atomic mass is 10.3. The molecule has 0 aliphatic rings. The average Bonchev–Trinajstić information content (AvgIpc) is 2.37. The zero-order valence-corrected chi connectivity index (χ0v) is 11.1. The van der Waals surface area contributed by atoms with Crippen LogP contribution in [0.3, 0.4) is 0 Å². The van der Waals surface area contributed by atoms with E-state index in [0.29, 0.717) is 29.7 Å². The summed E-state index contributed by atoms with van der Waals surface area (Å²) in [4.78, 5) is 8.39. The van der Waals surface area contributed by atoms with Crippen molar-refractivity contribution < 1.29 is 9.47 Å². The van der Waals surface area contributed by atoms with Gasteiger partial charge in [0.25, 0.3) is 0 Å². The van der Waals surface area contributed by atoms with E-state index in [9.17, 15) is 0 Å². The highest BCUT2D eigenvalue weighted by Crippen LogP contribution is 2.26. The topological polar surface area (TPSA) is 70.3 Å². The zero-order valence-electron chi connectivity index (χ0n) is 11.1. The molecule has 5 heteroatoms. The first-order chi connectivity index (χ1) is 9.19. The van der Waals surface area contributed by atoms with E-state index < -0.39 is 0 Å². The number of nitrogen functional groups attached to an aromatic ring is 1. The highest BCUT2D eigenvalue weighted by Gasteiger charge is 2.06. The molecule has 0 amide bonds. The molecule has 0 aliphatic carbocycles. The minimum absolute atomic E-state index is 0.260. The summed E-state index contributed by atoms with van der Waals surface area (Å²) in [6.07, 6.45) is 0. The van der Waals surface area contributed by atoms with Gasteiger partial charge in [-0.15, -0.1) is 0 Å². The Balaban J connectivity index is 2.09. The van der Waals surface area contributed by atoms with Crippen LogP contribution in [0, 0.1) is 6.92 Å². The molecule has 1 aromatic carbocycles. The predicted octanol–water partition coefficient (Wildman–Crippen LogP) is 2.34. The second kappa shape index (κ2) is 6.04. The molecule has 0 saturated heterocycles. The van der Waals surface area contributed by atoms with Crippen LogP contribution in [0.1, 0.15) is 18.4 Å². The van der Waals surface area contributed by atoms with Crippen molar-refractivity contribution in [2.24, 2.45) is 0 Å². The molecule has 0 aliphatic heterocycles. The number of aromatic nitrogens is 2. The minimum Gasteiger partial charge on any atom is -0.490 e. The standard InChI is InChI=1S/C14H17N3O2/c1-3-18-11-6-4-5-7-12(11)19-9-14-16-10(2)8-13(15)17-14/h4-8H,3,9H2,1-2H3,(H2,15,16,17). The van der Waals surface area contributed by atoms with Gasteiger partial charge in [0.05, 0.1) is 6.61 Å². The number of ether oxygens (including phenoxy) is 2. The molecule has 19 heavy (non-hydrogen) atoms. The van der Waals surface area contributed by atoms with Crippen LogP contribution in [-0.4, -0.2) is 16.6 Å². The van der Waals surface area contributed by atoms with Crippen molar-refractivity contribution in [3.05, 3.63) is 41.9 Å². The van der Waals surface area contributed by atoms with E-state index in [4.69, 9.17) is 15.2 Å². The first-order valence-electron chi connectivity index (χ1n) is 6.13. The fourth-order valence-corrected chi connectivity index (χ4v) is 1.71. The lowest BCUT2D eigenvalue weighted by molar-refractivity contribution is 0.263. The summed E-state index contributed by atoms with van der Waals surface area (Å²) < 4.78 is 11.2. The number of nitrogens with zero attached hydrogens (tertiary/aromatic N) is 2. The Morgan fingerprint density at radius 3 is 2.42 bits per heavy atom. The van der Waals surface area contributed by atoms with Gasteiger partial charge in [-0.1, -0.05) is 12.1 Å². The van der Waals surface area contributed by atoms with Crippen LogP contribution in [0.2, 0.25) is 0 Å². The maximum absolute atomic E-state index is 5.68. The van der Waals surface area contributed by atoms with E-state index in [1.807, 2.05) is 38.1 Å². The van der Waals surface area contributed by atoms with E-state index in [0.717, 1.165) is 5.69 Å². The number of rotatable bonds is 5. The maximum atomic E-state index is 5.68. The summed E-state index contributed by atoms with van der Waals surface area (Å²) in [6.45, 7) is 4.65. The summed E-state index contributed by atoms with van der Waals surface area (Å²) in [5.74, 6) is 2.40. The first kappa shape index (κ1) is 13.1. The number of aryl methyl sites for hydroxylation is 1. The van der Waals surface area contributed by atoms with Crippen molar-refractivity contribution in [1.82, 2.24) is 9.97 Å². The van der Waals surface area contributed by atoms with Crippen molar-refractivity contribution >= 4 is 5.82 Å². The fourth-order valence-electron chi connectivity index (χ4n) is 1.71.